The van der Waals surface area contributed by atoms with Crippen molar-refractivity contribution in [3.8, 4) is 5.75 Å². The van der Waals surface area contributed by atoms with Crippen LogP contribution in [0, 0.1) is 0 Å². The Morgan fingerprint density at radius 2 is 1.72 bits per heavy atom. The van der Waals surface area contributed by atoms with Gasteiger partial charge in [-0.3, -0.25) is 14.4 Å². The number of hydrogen-bond donors (Lipinski definition) is 1. The number of hydrogen-bond acceptors (Lipinski definition) is 4. The zero-order chi connectivity index (χ0) is 18.0. The number of benzene rings is 2. The highest BCUT2D eigenvalue weighted by Crippen LogP contribution is 2.33. The zero-order valence-corrected chi connectivity index (χ0v) is 14.0. The Kier molecular flexibility index (Phi) is 4.52. The van der Waals surface area contributed by atoms with Gasteiger partial charge in [-0.25, -0.2) is 0 Å². The minimum atomic E-state index is -0.814. The molecule has 0 aliphatic carbocycles. The van der Waals surface area contributed by atoms with Crippen LogP contribution < -0.4 is 15.0 Å². The highest BCUT2D eigenvalue weighted by molar-refractivity contribution is 6.00. The maximum absolute atomic E-state index is 12.5. The number of nitrogens with one attached hydrogen (secondary N) is 1. The molecule has 0 bridgehead atoms. The SMILES string of the molecule is CC(=O)c1ccc(NC(=O)[C@@H]2CN(C(C)=O)c3ccccc3O2)cc1. The third-order valence-electron chi connectivity index (χ3n) is 4.01. The van der Waals surface area contributed by atoms with E-state index in [2.05, 4.69) is 5.32 Å². The molecule has 2 aromatic rings. The van der Waals surface area contributed by atoms with Gasteiger partial charge in [-0.05, 0) is 43.3 Å². The van der Waals surface area contributed by atoms with Crippen LogP contribution in [0.4, 0.5) is 11.4 Å². The molecule has 1 aliphatic rings. The quantitative estimate of drug-likeness (QED) is 0.873. The summed E-state index contributed by atoms with van der Waals surface area (Å²) in [4.78, 5) is 37.2. The number of Topliss-reactive ketones (excluding diaryl/α,β-unsaturated/α-hetero) is 1. The fraction of sp³-hybridized carbons (Fsp3) is 0.211. The Hall–Kier alpha value is -3.15. The summed E-state index contributed by atoms with van der Waals surface area (Å²) in [5.41, 5.74) is 1.79. The van der Waals surface area contributed by atoms with Crippen LogP contribution in [0.5, 0.6) is 5.75 Å². The molecular weight excluding hydrogens is 320 g/mol. The van der Waals surface area contributed by atoms with Crippen molar-refractivity contribution in [3.05, 3.63) is 54.1 Å². The molecule has 0 fully saturated rings. The molecule has 0 saturated heterocycles. The van der Waals surface area contributed by atoms with E-state index in [-0.39, 0.29) is 24.1 Å². The van der Waals surface area contributed by atoms with E-state index in [0.717, 1.165) is 0 Å². The lowest BCUT2D eigenvalue weighted by molar-refractivity contribution is -0.123. The summed E-state index contributed by atoms with van der Waals surface area (Å²) in [6.07, 6.45) is -0.814. The molecule has 3 rings (SSSR count). The largest absolute Gasteiger partial charge is 0.476 e. The van der Waals surface area contributed by atoms with Crippen molar-refractivity contribution in [1.29, 1.82) is 0 Å². The highest BCUT2D eigenvalue weighted by atomic mass is 16.5. The number of carbonyl (C=O) groups is 3. The normalized spacial score (nSPS) is 15.8. The van der Waals surface area contributed by atoms with Crippen molar-refractivity contribution >= 4 is 29.0 Å². The average Bonchev–Trinajstić information content (AvgIpc) is 2.61. The molecule has 25 heavy (non-hydrogen) atoms. The molecule has 1 heterocycles. The second kappa shape index (κ2) is 6.76. The van der Waals surface area contributed by atoms with Gasteiger partial charge >= 0.3 is 0 Å². The fourth-order valence-corrected chi connectivity index (χ4v) is 2.68. The van der Waals surface area contributed by atoms with Gasteiger partial charge in [0.25, 0.3) is 5.91 Å². The third kappa shape index (κ3) is 3.52. The molecule has 0 unspecified atom stereocenters. The van der Waals surface area contributed by atoms with Gasteiger partial charge in [0.2, 0.25) is 5.91 Å². The summed E-state index contributed by atoms with van der Waals surface area (Å²) in [5, 5.41) is 2.75. The van der Waals surface area contributed by atoms with E-state index in [1.54, 1.807) is 42.5 Å². The molecule has 0 spiro atoms. The first-order chi connectivity index (χ1) is 12.0. The summed E-state index contributed by atoms with van der Waals surface area (Å²) < 4.78 is 5.75. The van der Waals surface area contributed by atoms with Crippen molar-refractivity contribution in [1.82, 2.24) is 0 Å². The predicted octanol–water partition coefficient (Wildman–Crippen LogP) is 2.64. The molecule has 1 atom stereocenters. The van der Waals surface area contributed by atoms with Crippen molar-refractivity contribution in [2.75, 3.05) is 16.8 Å². The number of rotatable bonds is 3. The molecule has 0 radical (unpaired) electrons. The van der Waals surface area contributed by atoms with E-state index in [9.17, 15) is 14.4 Å². The number of fused-ring (bicyclic) bond motifs is 1. The van der Waals surface area contributed by atoms with Gasteiger partial charge in [0.1, 0.15) is 5.75 Å². The number of nitrogens with zero attached hydrogens (tertiary/aromatic N) is 1. The summed E-state index contributed by atoms with van der Waals surface area (Å²) in [7, 11) is 0. The van der Waals surface area contributed by atoms with Crippen LogP contribution in [-0.4, -0.2) is 30.2 Å². The molecule has 1 N–H and O–H groups in total. The Morgan fingerprint density at radius 3 is 2.36 bits per heavy atom. The van der Waals surface area contributed by atoms with E-state index >= 15 is 0 Å². The number of carbonyl (C=O) groups excluding carboxylic acids is 3. The lowest BCUT2D eigenvalue weighted by Gasteiger charge is -2.33. The Balaban J connectivity index is 1.76. The molecule has 1 aliphatic heterocycles. The number of ketones is 1. The van der Waals surface area contributed by atoms with Crippen LogP contribution in [0.15, 0.2) is 48.5 Å². The van der Waals surface area contributed by atoms with Gasteiger partial charge in [0.05, 0.1) is 12.2 Å². The first-order valence-electron chi connectivity index (χ1n) is 7.91. The Morgan fingerprint density at radius 1 is 1.04 bits per heavy atom. The number of ether oxygens (including phenoxy) is 1. The van der Waals surface area contributed by atoms with Gasteiger partial charge in [-0.15, -0.1) is 0 Å². The van der Waals surface area contributed by atoms with Crippen LogP contribution in [0.25, 0.3) is 0 Å². The molecule has 6 heteroatoms. The van der Waals surface area contributed by atoms with Gasteiger partial charge < -0.3 is 15.0 Å². The minimum absolute atomic E-state index is 0.0396. The summed E-state index contributed by atoms with van der Waals surface area (Å²) in [5.74, 6) is -0.0473. The van der Waals surface area contributed by atoms with Crippen molar-refractivity contribution in [3.63, 3.8) is 0 Å². The standard InChI is InChI=1S/C19H18N2O4/c1-12(22)14-7-9-15(10-8-14)20-19(24)18-11-21(13(2)23)16-5-3-4-6-17(16)25-18/h3-10,18H,11H2,1-2H3,(H,20,24)/t18-/m0/s1. The van der Waals surface area contributed by atoms with Crippen LogP contribution in [0.2, 0.25) is 0 Å². The maximum atomic E-state index is 12.5. The van der Waals surface area contributed by atoms with Gasteiger partial charge in [-0.2, -0.15) is 0 Å². The van der Waals surface area contributed by atoms with E-state index in [1.165, 1.54) is 18.7 Å². The van der Waals surface area contributed by atoms with E-state index < -0.39 is 6.10 Å². The molecule has 128 valence electrons. The molecule has 0 saturated carbocycles. The molecule has 2 amide bonds. The second-order valence-electron chi connectivity index (χ2n) is 5.83. The second-order valence-corrected chi connectivity index (χ2v) is 5.83. The first kappa shape index (κ1) is 16.7. The van der Waals surface area contributed by atoms with Crippen LogP contribution in [-0.2, 0) is 9.59 Å². The summed E-state index contributed by atoms with van der Waals surface area (Å²) in [6, 6.07) is 13.7. The van der Waals surface area contributed by atoms with Gasteiger partial charge in [-0.1, -0.05) is 12.1 Å². The number of para-hydroxylation sites is 2. The average molecular weight is 338 g/mol. The van der Waals surface area contributed by atoms with E-state index in [4.69, 9.17) is 4.74 Å². The maximum Gasteiger partial charge on any atom is 0.267 e. The smallest absolute Gasteiger partial charge is 0.267 e. The van der Waals surface area contributed by atoms with Crippen LogP contribution in [0.1, 0.15) is 24.2 Å². The number of anilines is 2. The lowest BCUT2D eigenvalue weighted by atomic mass is 10.1. The topological polar surface area (TPSA) is 75.7 Å². The van der Waals surface area contributed by atoms with E-state index in [1.807, 2.05) is 6.07 Å². The predicted molar refractivity (Wildman–Crippen MR) is 94.0 cm³/mol. The highest BCUT2D eigenvalue weighted by Gasteiger charge is 2.32. The van der Waals surface area contributed by atoms with Crippen molar-refractivity contribution in [2.24, 2.45) is 0 Å². The Bertz CT molecular complexity index is 830. The molecule has 2 aromatic carbocycles. The third-order valence-corrected chi connectivity index (χ3v) is 4.01. The molecular formula is C19H18N2O4. The van der Waals surface area contributed by atoms with Crippen molar-refractivity contribution < 1.29 is 19.1 Å². The summed E-state index contributed by atoms with van der Waals surface area (Å²) >= 11 is 0. The van der Waals surface area contributed by atoms with Crippen LogP contribution >= 0.6 is 0 Å². The van der Waals surface area contributed by atoms with Gasteiger partial charge in [0, 0.05) is 18.2 Å². The molecule has 0 aromatic heterocycles. The molecule has 6 nitrogen and oxygen atoms in total. The van der Waals surface area contributed by atoms with Gasteiger partial charge in [0.15, 0.2) is 11.9 Å². The van der Waals surface area contributed by atoms with Crippen LogP contribution in [0.3, 0.4) is 0 Å². The number of amides is 2. The first-order valence-corrected chi connectivity index (χ1v) is 7.91. The summed E-state index contributed by atoms with van der Waals surface area (Å²) in [6.45, 7) is 3.08. The zero-order valence-electron chi connectivity index (χ0n) is 14.0. The Labute approximate surface area is 145 Å². The monoisotopic (exact) mass is 338 g/mol. The fourth-order valence-electron chi connectivity index (χ4n) is 2.68. The van der Waals surface area contributed by atoms with Crippen molar-refractivity contribution in [2.45, 2.75) is 20.0 Å². The van der Waals surface area contributed by atoms with E-state index in [0.29, 0.717) is 22.7 Å². The minimum Gasteiger partial charge on any atom is -0.476 e. The lowest BCUT2D eigenvalue weighted by Crippen LogP contribution is -2.48.